The van der Waals surface area contributed by atoms with Crippen LogP contribution in [0.5, 0.6) is 5.75 Å². The van der Waals surface area contributed by atoms with Gasteiger partial charge in [0.1, 0.15) is 57.6 Å². The number of carbonyl (C=O) groups is 4. The van der Waals surface area contributed by atoms with Crippen molar-refractivity contribution < 1.29 is 80.4 Å². The summed E-state index contributed by atoms with van der Waals surface area (Å²) in [5, 5.41) is 26.6. The molecule has 1 fully saturated rings. The van der Waals surface area contributed by atoms with Crippen LogP contribution in [0.3, 0.4) is 0 Å². The van der Waals surface area contributed by atoms with Gasteiger partial charge in [0.2, 0.25) is 0 Å². The number of pyridine rings is 1. The number of rotatable bonds is 31. The van der Waals surface area contributed by atoms with Gasteiger partial charge in [-0.15, -0.1) is 0 Å². The number of hydrogen-bond acceptors (Lipinski definition) is 25. The summed E-state index contributed by atoms with van der Waals surface area (Å²) in [7, 11) is -13.8. The van der Waals surface area contributed by atoms with Crippen LogP contribution in [-0.4, -0.2) is 157 Å². The maximum atomic E-state index is 13.4. The van der Waals surface area contributed by atoms with Crippen LogP contribution in [0.1, 0.15) is 73.6 Å². The number of hydrogen-bond donors (Lipinski definition) is 0. The van der Waals surface area contributed by atoms with Gasteiger partial charge in [0, 0.05) is 147 Å². The van der Waals surface area contributed by atoms with Crippen LogP contribution in [0.4, 0.5) is 5.82 Å². The number of methoxy groups -OCH3 is 1. The van der Waals surface area contributed by atoms with Crippen molar-refractivity contribution in [3.05, 3.63) is 340 Å². The van der Waals surface area contributed by atoms with Crippen molar-refractivity contribution in [3.63, 3.8) is 0 Å². The largest absolute Gasteiger partial charge is 0.496 e. The third kappa shape index (κ3) is 23.3. The minimum Gasteiger partial charge on any atom is -0.496 e. The first-order chi connectivity index (χ1) is 63.9. The van der Waals surface area contributed by atoms with Crippen LogP contribution >= 0.6 is 15.9 Å². The molecule has 29 nitrogen and oxygen atoms in total. The van der Waals surface area contributed by atoms with E-state index in [0.29, 0.717) is 112 Å². The van der Waals surface area contributed by atoms with Gasteiger partial charge in [-0.3, -0.25) is 19.2 Å². The van der Waals surface area contributed by atoms with Gasteiger partial charge >= 0.3 is 0 Å². The minimum atomic E-state index is -3.88. The molecule has 680 valence electrons. The zero-order chi connectivity index (χ0) is 93.7. The van der Waals surface area contributed by atoms with Gasteiger partial charge < -0.3 is 50.7 Å². The molecular formula is C99H90BrN11O18S4. The molecule has 17 aromatic rings. The molecule has 1 aliphatic rings. The highest BCUT2D eigenvalue weighted by Crippen LogP contribution is 2.35. The summed E-state index contributed by atoms with van der Waals surface area (Å²) < 4.78 is 145. The number of ketones is 4. The lowest BCUT2D eigenvalue weighted by atomic mass is 10.0. The third-order valence-corrected chi connectivity index (χ3v) is 29.1. The fraction of sp³-hybridized carbons (Fsp3) is 0.212. The lowest BCUT2D eigenvalue weighted by Crippen LogP contribution is -2.36. The zero-order valence-corrected chi connectivity index (χ0v) is 77.8. The van der Waals surface area contributed by atoms with Crippen molar-refractivity contribution in [1.82, 2.24) is 43.9 Å². The number of morpholine rings is 1. The van der Waals surface area contributed by atoms with Crippen molar-refractivity contribution >= 4 is 128 Å². The second-order valence-corrected chi connectivity index (χ2v) is 40.9. The first kappa shape index (κ1) is 93.6. The van der Waals surface area contributed by atoms with E-state index < -0.39 is 85.5 Å². The standard InChI is InChI=1S/C31H30N4O5S.C23H19N3O4S.C23H22N2O5S.C22H19BrN2O4S/c1-22-15-26(33-40-22)17-27(36)21-41(37,38)30-20-35(29-8-3-2-7-28(29)30)19-23-5-4-6-24(16-23)25-9-10-31(32-18-25)34-11-13-39-14-12-34;1-16-9-19(25-30-16)11-20(27)15-31(28,29)23-14-26(22-8-3-2-7-21(22)23)13-18-6-4-5-17(10-18)12-24;1-16-11-18(24-30-16)12-19(26)15-31(27,28)23-14-25(21-9-5-4-8-20(21)23)13-17-7-3-6-10-22(17)29-2;1-15-9-18(24-29-15)11-19(26)14-30(27,28)22-13-25(21-8-3-2-7-20(21)22)12-16-5-4-6-17(23)10-16/h2-10,15-16,18,20H,11-14,17,19,21H2,1H3;2-10,14H,11,13,15H2,1H3;3-11,14H,12-13,15H2,1-2H3;2-10,13H,11-12,14H2,1H3. The fourth-order valence-corrected chi connectivity index (χ4v) is 22.3. The molecule has 34 heteroatoms. The van der Waals surface area contributed by atoms with Crippen molar-refractivity contribution in [2.24, 2.45) is 0 Å². The highest BCUT2D eigenvalue weighted by molar-refractivity contribution is 9.10. The molecule has 10 heterocycles. The van der Waals surface area contributed by atoms with Crippen molar-refractivity contribution in [2.75, 3.05) is 61.3 Å². The molecular weight excluding hydrogens is 1840 g/mol. The summed E-state index contributed by atoms with van der Waals surface area (Å²) in [6.07, 6.45) is 7.95. The molecule has 18 rings (SSSR count). The molecule has 0 atom stereocenters. The normalized spacial score (nSPS) is 12.4. The number of para-hydroxylation sites is 5. The molecule has 0 aliphatic carbocycles. The van der Waals surface area contributed by atoms with Crippen LogP contribution in [-0.2, 0) is 115 Å². The number of nitrogens with zero attached hydrogens (tertiary/aromatic N) is 11. The van der Waals surface area contributed by atoms with E-state index in [9.17, 15) is 52.8 Å². The Hall–Kier alpha value is -14.1. The zero-order valence-electron chi connectivity index (χ0n) is 72.9. The summed E-state index contributed by atoms with van der Waals surface area (Å²) in [6.45, 7) is 11.8. The second kappa shape index (κ2) is 41.2. The Morgan fingerprint density at radius 1 is 0.398 bits per heavy atom. The maximum absolute atomic E-state index is 13.4. The molecule has 0 radical (unpaired) electrons. The van der Waals surface area contributed by atoms with Gasteiger partial charge in [0.25, 0.3) is 0 Å². The predicted molar refractivity (Wildman–Crippen MR) is 503 cm³/mol. The van der Waals surface area contributed by atoms with E-state index in [0.717, 1.165) is 84.6 Å². The van der Waals surface area contributed by atoms with E-state index in [1.165, 1.54) is 0 Å². The number of benzene rings is 8. The van der Waals surface area contributed by atoms with E-state index in [4.69, 9.17) is 32.8 Å². The van der Waals surface area contributed by atoms with Gasteiger partial charge in [-0.1, -0.05) is 170 Å². The van der Waals surface area contributed by atoms with Crippen molar-refractivity contribution in [3.8, 4) is 22.9 Å². The van der Waals surface area contributed by atoms with Gasteiger partial charge in [-0.05, 0) is 123 Å². The molecule has 1 aliphatic heterocycles. The Labute approximate surface area is 774 Å². The number of carbonyl (C=O) groups excluding carboxylic acids is 4. The van der Waals surface area contributed by atoms with Gasteiger partial charge in [-0.2, -0.15) is 5.26 Å². The Morgan fingerprint density at radius 3 is 1.11 bits per heavy atom. The molecule has 0 unspecified atom stereocenters. The van der Waals surface area contributed by atoms with Crippen molar-refractivity contribution in [1.29, 1.82) is 5.26 Å². The van der Waals surface area contributed by atoms with Crippen LogP contribution < -0.4 is 9.64 Å². The highest BCUT2D eigenvalue weighted by Gasteiger charge is 2.31. The Kier molecular flexibility index (Phi) is 29.0. The van der Waals surface area contributed by atoms with Crippen LogP contribution in [0.25, 0.3) is 54.7 Å². The topological polar surface area (TPSA) is 387 Å². The maximum Gasteiger partial charge on any atom is 0.187 e. The van der Waals surface area contributed by atoms with E-state index in [1.54, 1.807) is 151 Å². The molecule has 133 heavy (non-hydrogen) atoms. The highest BCUT2D eigenvalue weighted by atomic mass is 79.9. The minimum absolute atomic E-state index is 0.0761. The number of Topliss-reactive ketones (excluding diaryl/α,β-unsaturated/α-hetero) is 4. The molecule has 0 spiro atoms. The van der Waals surface area contributed by atoms with Crippen LogP contribution in [0, 0.1) is 39.0 Å². The summed E-state index contributed by atoms with van der Waals surface area (Å²) in [5.41, 5.74) is 11.2. The van der Waals surface area contributed by atoms with Gasteiger partial charge in [0.15, 0.2) is 62.5 Å². The lowest BCUT2D eigenvalue weighted by molar-refractivity contribution is -0.117. The first-order valence-corrected chi connectivity index (χ1v) is 49.5. The molecule has 0 saturated carbocycles. The molecule has 0 amide bonds. The number of fused-ring (bicyclic) bond motifs is 4. The molecule has 0 bridgehead atoms. The number of sulfone groups is 4. The van der Waals surface area contributed by atoms with E-state index in [2.05, 4.69) is 64.6 Å². The molecule has 9 aromatic heterocycles. The third-order valence-electron chi connectivity index (χ3n) is 21.9. The summed E-state index contributed by atoms with van der Waals surface area (Å²) in [5.74, 6) is -0.180. The summed E-state index contributed by atoms with van der Waals surface area (Å²) >= 11 is 3.46. The van der Waals surface area contributed by atoms with E-state index >= 15 is 0 Å². The van der Waals surface area contributed by atoms with E-state index in [-0.39, 0.29) is 45.3 Å². The second-order valence-electron chi connectivity index (χ2n) is 32.1. The quantitative estimate of drug-likeness (QED) is 0.0389. The Balaban J connectivity index is 0.000000137. The average Bonchev–Trinajstić information content (AvgIpc) is 1.63. The smallest absolute Gasteiger partial charge is 0.187 e. The number of aromatic nitrogens is 9. The summed E-state index contributed by atoms with van der Waals surface area (Å²) in [6, 6.07) is 72.6. The van der Waals surface area contributed by atoms with Gasteiger partial charge in [-0.25, -0.2) is 38.7 Å². The molecule has 8 aromatic carbocycles. The van der Waals surface area contributed by atoms with Crippen molar-refractivity contribution in [2.45, 2.75) is 99.1 Å². The van der Waals surface area contributed by atoms with Gasteiger partial charge in [0.05, 0.1) is 107 Å². The number of ether oxygens (including phenoxy) is 2. The monoisotopic (exact) mass is 1930 g/mol. The molecule has 0 N–H and O–H groups in total. The first-order valence-electron chi connectivity index (χ1n) is 42.1. The van der Waals surface area contributed by atoms with Crippen LogP contribution in [0.2, 0.25) is 0 Å². The Morgan fingerprint density at radius 2 is 0.752 bits per heavy atom. The number of anilines is 1. The number of halogens is 1. The molecule has 1 saturated heterocycles. The predicted octanol–water partition coefficient (Wildman–Crippen LogP) is 15.8. The number of aryl methyl sites for hydroxylation is 4. The lowest BCUT2D eigenvalue weighted by Gasteiger charge is -2.27. The SMILES string of the molecule is COc1ccccc1Cn1cc(S(=O)(=O)CC(=O)Cc2cc(C)on2)c2ccccc21.Cc1cc(CC(=O)CS(=O)(=O)c2cn(Cc3cccc(-c4ccc(N5CCOCC5)nc4)c3)c3ccccc23)no1.Cc1cc(CC(=O)CS(=O)(=O)c2cn(Cc3cccc(Br)c3)c3ccccc23)no1.Cc1cc(CC(=O)CS(=O)(=O)c2cn(Cc3cccc(C#N)c3)c3ccccc23)no1. The van der Waals surface area contributed by atoms with Crippen LogP contribution in [0.15, 0.2) is 304 Å². The Bertz CT molecular complexity index is 7720. The fourth-order valence-electron chi connectivity index (χ4n) is 15.9. The number of nitriles is 1. The average molecular weight is 1930 g/mol. The summed E-state index contributed by atoms with van der Waals surface area (Å²) in [4.78, 5) is 57.4. The van der Waals surface area contributed by atoms with E-state index in [1.807, 2.05) is 152 Å².